The number of aryl methyl sites for hydroxylation is 1. The van der Waals surface area contributed by atoms with Gasteiger partial charge in [0.1, 0.15) is 11.0 Å². The van der Waals surface area contributed by atoms with Crippen LogP contribution in [0, 0.1) is 3.57 Å². The molecular weight excluding hydrogens is 338 g/mol. The second kappa shape index (κ2) is 6.71. The normalized spacial score (nSPS) is 12.8. The van der Waals surface area contributed by atoms with Crippen LogP contribution in [0.3, 0.4) is 0 Å². The third-order valence-electron chi connectivity index (χ3n) is 2.24. The van der Waals surface area contributed by atoms with Crippen LogP contribution >= 0.6 is 34.2 Å². The topological polar surface area (TPSA) is 35.0 Å². The van der Waals surface area contributed by atoms with Gasteiger partial charge in [-0.05, 0) is 29.0 Å². The lowest BCUT2D eigenvalue weighted by atomic mass is 10.1. The van der Waals surface area contributed by atoms with Crippen LogP contribution in [0.2, 0.25) is 5.15 Å². The van der Waals surface area contributed by atoms with Crippen molar-refractivity contribution in [1.29, 1.82) is 0 Å². The molecule has 5 heteroatoms. The Labute approximate surface area is 115 Å². The van der Waals surface area contributed by atoms with E-state index < -0.39 is 0 Å². The van der Waals surface area contributed by atoms with Crippen molar-refractivity contribution in [2.24, 2.45) is 0 Å². The lowest BCUT2D eigenvalue weighted by Gasteiger charge is -2.12. The van der Waals surface area contributed by atoms with Crippen LogP contribution < -0.4 is 0 Å². The fourth-order valence-electron chi connectivity index (χ4n) is 1.43. The highest BCUT2D eigenvalue weighted by molar-refractivity contribution is 14.1. The van der Waals surface area contributed by atoms with Gasteiger partial charge in [0.25, 0.3) is 0 Å². The molecule has 1 unspecified atom stereocenters. The van der Waals surface area contributed by atoms with E-state index in [1.165, 1.54) is 0 Å². The van der Waals surface area contributed by atoms with Crippen LogP contribution in [0.1, 0.15) is 37.7 Å². The van der Waals surface area contributed by atoms with E-state index in [2.05, 4.69) is 39.5 Å². The van der Waals surface area contributed by atoms with Crippen LogP contribution in [-0.2, 0) is 11.2 Å². The molecule has 0 saturated heterocycles. The summed E-state index contributed by atoms with van der Waals surface area (Å²) >= 11 is 8.30. The Bertz CT molecular complexity index is 360. The molecule has 0 aromatic carbocycles. The Morgan fingerprint density at radius 2 is 2.12 bits per heavy atom. The third kappa shape index (κ3) is 3.53. The molecule has 0 radical (unpaired) electrons. The molecule has 1 atom stereocenters. The summed E-state index contributed by atoms with van der Waals surface area (Å²) in [6.45, 7) is 4.78. The summed E-state index contributed by atoms with van der Waals surface area (Å²) in [4.78, 5) is 8.86. The molecule has 0 fully saturated rings. The van der Waals surface area contributed by atoms with Crippen LogP contribution in [0.4, 0.5) is 0 Å². The first-order valence-corrected chi connectivity index (χ1v) is 6.76. The molecule has 1 heterocycles. The summed E-state index contributed by atoms with van der Waals surface area (Å²) in [6, 6.07) is 0. The number of methoxy groups -OCH3 is 1. The van der Waals surface area contributed by atoms with E-state index in [1.54, 1.807) is 7.11 Å². The van der Waals surface area contributed by atoms with E-state index in [1.807, 2.05) is 6.92 Å². The number of halogens is 2. The number of hydrogen-bond donors (Lipinski definition) is 0. The van der Waals surface area contributed by atoms with Gasteiger partial charge in [0.15, 0.2) is 0 Å². The largest absolute Gasteiger partial charge is 0.384 e. The zero-order valence-electron chi connectivity index (χ0n) is 9.76. The van der Waals surface area contributed by atoms with E-state index in [0.29, 0.717) is 11.8 Å². The molecule has 16 heavy (non-hydrogen) atoms. The first kappa shape index (κ1) is 14.1. The maximum atomic E-state index is 6.10. The average Bonchev–Trinajstić information content (AvgIpc) is 2.25. The first-order chi connectivity index (χ1) is 7.60. The molecule has 0 spiro atoms. The number of rotatable bonds is 5. The second-order valence-corrected chi connectivity index (χ2v) is 5.18. The van der Waals surface area contributed by atoms with Gasteiger partial charge >= 0.3 is 0 Å². The van der Waals surface area contributed by atoms with Crippen LogP contribution in [-0.4, -0.2) is 23.7 Å². The number of aromatic nitrogens is 2. The Morgan fingerprint density at radius 1 is 1.44 bits per heavy atom. The molecule has 90 valence electrons. The Hall–Kier alpha value is 0.0600. The number of nitrogens with zero attached hydrogens (tertiary/aromatic N) is 2. The molecule has 0 amide bonds. The van der Waals surface area contributed by atoms with Crippen molar-refractivity contribution in [2.45, 2.75) is 32.6 Å². The molecule has 1 aromatic heterocycles. The quantitative estimate of drug-likeness (QED) is 0.600. The molecule has 1 aromatic rings. The Morgan fingerprint density at radius 3 is 2.69 bits per heavy atom. The molecule has 3 nitrogen and oxygen atoms in total. The zero-order chi connectivity index (χ0) is 12.1. The fraction of sp³-hybridized carbons (Fsp3) is 0.636. The first-order valence-electron chi connectivity index (χ1n) is 5.30. The van der Waals surface area contributed by atoms with Crippen molar-refractivity contribution in [3.63, 3.8) is 0 Å². The highest BCUT2D eigenvalue weighted by Gasteiger charge is 2.14. The number of ether oxygens (including phenoxy) is 1. The Balaban J connectivity index is 3.03. The van der Waals surface area contributed by atoms with Gasteiger partial charge in [-0.15, -0.1) is 0 Å². The van der Waals surface area contributed by atoms with Gasteiger partial charge in [0.2, 0.25) is 0 Å². The average molecular weight is 355 g/mol. The standard InChI is InChI=1S/C11H16ClIN2O/c1-4-5-8-9(13)10(12)15-11(14-8)7(2)6-16-3/h7H,4-6H2,1-3H3. The van der Waals surface area contributed by atoms with E-state index in [4.69, 9.17) is 16.3 Å². The van der Waals surface area contributed by atoms with Gasteiger partial charge in [0.05, 0.1) is 15.9 Å². The van der Waals surface area contributed by atoms with Crippen LogP contribution in [0.5, 0.6) is 0 Å². The molecule has 0 aliphatic heterocycles. The smallest absolute Gasteiger partial charge is 0.146 e. The lowest BCUT2D eigenvalue weighted by Crippen LogP contribution is -2.10. The predicted octanol–water partition coefficient (Wildman–Crippen LogP) is 3.44. The van der Waals surface area contributed by atoms with Gasteiger partial charge in [0, 0.05) is 13.0 Å². The molecule has 1 rings (SSSR count). The third-order valence-corrected chi connectivity index (χ3v) is 3.97. The monoisotopic (exact) mass is 354 g/mol. The second-order valence-electron chi connectivity index (χ2n) is 3.74. The van der Waals surface area contributed by atoms with Crippen molar-refractivity contribution >= 4 is 34.2 Å². The summed E-state index contributed by atoms with van der Waals surface area (Å²) in [5.41, 5.74) is 1.04. The Kier molecular flexibility index (Phi) is 5.92. The summed E-state index contributed by atoms with van der Waals surface area (Å²) in [5.74, 6) is 0.950. The predicted molar refractivity (Wildman–Crippen MR) is 74.0 cm³/mol. The molecular formula is C11H16ClIN2O. The molecule has 0 saturated carbocycles. The molecule has 0 bridgehead atoms. The van der Waals surface area contributed by atoms with E-state index in [9.17, 15) is 0 Å². The van der Waals surface area contributed by atoms with Gasteiger partial charge < -0.3 is 4.74 Å². The van der Waals surface area contributed by atoms with E-state index >= 15 is 0 Å². The van der Waals surface area contributed by atoms with Gasteiger partial charge in [-0.2, -0.15) is 0 Å². The SMILES string of the molecule is CCCc1nc(C(C)COC)nc(Cl)c1I. The lowest BCUT2D eigenvalue weighted by molar-refractivity contribution is 0.181. The van der Waals surface area contributed by atoms with Crippen molar-refractivity contribution in [1.82, 2.24) is 9.97 Å². The highest BCUT2D eigenvalue weighted by atomic mass is 127. The highest BCUT2D eigenvalue weighted by Crippen LogP contribution is 2.23. The number of hydrogen-bond acceptors (Lipinski definition) is 3. The van der Waals surface area contributed by atoms with Gasteiger partial charge in [-0.1, -0.05) is 31.9 Å². The zero-order valence-corrected chi connectivity index (χ0v) is 12.7. The van der Waals surface area contributed by atoms with Crippen molar-refractivity contribution < 1.29 is 4.74 Å². The van der Waals surface area contributed by atoms with Crippen molar-refractivity contribution in [3.8, 4) is 0 Å². The van der Waals surface area contributed by atoms with Crippen molar-refractivity contribution in [3.05, 3.63) is 20.2 Å². The van der Waals surface area contributed by atoms with Crippen molar-refractivity contribution in [2.75, 3.05) is 13.7 Å². The summed E-state index contributed by atoms with van der Waals surface area (Å²) in [6.07, 6.45) is 1.99. The minimum absolute atomic E-state index is 0.176. The fourth-order valence-corrected chi connectivity index (χ4v) is 2.14. The maximum Gasteiger partial charge on any atom is 0.146 e. The summed E-state index contributed by atoms with van der Waals surface area (Å²) in [5, 5.41) is 0.553. The van der Waals surface area contributed by atoms with Crippen LogP contribution in [0.25, 0.3) is 0 Å². The summed E-state index contributed by atoms with van der Waals surface area (Å²) < 4.78 is 6.07. The maximum absolute atomic E-state index is 6.10. The van der Waals surface area contributed by atoms with Crippen LogP contribution in [0.15, 0.2) is 0 Å². The molecule has 0 aliphatic rings. The van der Waals surface area contributed by atoms with Gasteiger partial charge in [-0.3, -0.25) is 0 Å². The van der Waals surface area contributed by atoms with E-state index in [0.717, 1.165) is 27.9 Å². The minimum Gasteiger partial charge on any atom is -0.384 e. The van der Waals surface area contributed by atoms with Gasteiger partial charge in [-0.25, -0.2) is 9.97 Å². The minimum atomic E-state index is 0.176. The molecule has 0 aliphatic carbocycles. The molecule has 0 N–H and O–H groups in total. The summed E-state index contributed by atoms with van der Waals surface area (Å²) in [7, 11) is 1.68. The van der Waals surface area contributed by atoms with E-state index in [-0.39, 0.29) is 5.92 Å².